The van der Waals surface area contributed by atoms with E-state index in [2.05, 4.69) is 26.7 Å². The molecule has 0 bridgehead atoms. The standard InChI is InChI=1S/C20H21F3N4O/c21-20(22,23)15-8-4-5-9-16(15)27-18-13-25-17(12-26-18)19(28)24-11-10-14-6-2-1-3-7-14/h4-6,8-9,12-13H,1-3,7,10-11H2,(H,24,28)(H,26,27). The van der Waals surface area contributed by atoms with Crippen LogP contribution >= 0.6 is 0 Å². The van der Waals surface area contributed by atoms with E-state index >= 15 is 0 Å². The van der Waals surface area contributed by atoms with Gasteiger partial charge in [-0.2, -0.15) is 13.2 Å². The van der Waals surface area contributed by atoms with Crippen LogP contribution in [0.25, 0.3) is 0 Å². The topological polar surface area (TPSA) is 66.9 Å². The van der Waals surface area contributed by atoms with Crippen molar-refractivity contribution in [3.05, 3.63) is 59.6 Å². The lowest BCUT2D eigenvalue weighted by Gasteiger charge is -2.14. The maximum absolute atomic E-state index is 13.0. The lowest BCUT2D eigenvalue weighted by molar-refractivity contribution is -0.136. The molecule has 0 spiro atoms. The Labute approximate surface area is 161 Å². The van der Waals surface area contributed by atoms with Crippen molar-refractivity contribution >= 4 is 17.4 Å². The summed E-state index contributed by atoms with van der Waals surface area (Å²) in [6.07, 6.45) is 5.64. The first-order chi connectivity index (χ1) is 13.4. The summed E-state index contributed by atoms with van der Waals surface area (Å²) in [5.74, 6) is -0.230. The second kappa shape index (κ2) is 8.86. The smallest absolute Gasteiger partial charge is 0.350 e. The van der Waals surface area contributed by atoms with Gasteiger partial charge < -0.3 is 10.6 Å². The van der Waals surface area contributed by atoms with Gasteiger partial charge in [-0.3, -0.25) is 4.79 Å². The average Bonchev–Trinajstić information content (AvgIpc) is 2.69. The number of allylic oxidation sites excluding steroid dienone is 1. The van der Waals surface area contributed by atoms with Crippen molar-refractivity contribution < 1.29 is 18.0 Å². The lowest BCUT2D eigenvalue weighted by atomic mass is 9.97. The van der Waals surface area contributed by atoms with Gasteiger partial charge in [0, 0.05) is 6.54 Å². The van der Waals surface area contributed by atoms with Crippen molar-refractivity contribution in [1.29, 1.82) is 0 Å². The van der Waals surface area contributed by atoms with E-state index in [9.17, 15) is 18.0 Å². The molecule has 2 N–H and O–H groups in total. The quantitative estimate of drug-likeness (QED) is 0.692. The molecule has 0 radical (unpaired) electrons. The molecule has 1 aromatic carbocycles. The highest BCUT2D eigenvalue weighted by Gasteiger charge is 2.33. The fourth-order valence-electron chi connectivity index (χ4n) is 3.05. The molecule has 5 nitrogen and oxygen atoms in total. The molecule has 148 valence electrons. The first kappa shape index (κ1) is 19.9. The van der Waals surface area contributed by atoms with E-state index in [1.54, 1.807) is 0 Å². The van der Waals surface area contributed by atoms with E-state index in [0.717, 1.165) is 25.3 Å². The number of rotatable bonds is 6. The second-order valence-electron chi connectivity index (χ2n) is 6.57. The summed E-state index contributed by atoms with van der Waals surface area (Å²) in [4.78, 5) is 20.1. The van der Waals surface area contributed by atoms with Gasteiger partial charge in [0.15, 0.2) is 0 Å². The largest absolute Gasteiger partial charge is 0.418 e. The molecule has 0 saturated carbocycles. The highest BCUT2D eigenvalue weighted by molar-refractivity contribution is 5.92. The molecule has 1 heterocycles. The summed E-state index contributed by atoms with van der Waals surface area (Å²) in [5, 5.41) is 5.39. The zero-order valence-electron chi connectivity index (χ0n) is 15.2. The van der Waals surface area contributed by atoms with Crippen molar-refractivity contribution in [3.63, 3.8) is 0 Å². The third-order valence-corrected chi connectivity index (χ3v) is 4.50. The highest BCUT2D eigenvalue weighted by atomic mass is 19.4. The molecule has 0 atom stereocenters. The lowest BCUT2D eigenvalue weighted by Crippen LogP contribution is -2.26. The minimum Gasteiger partial charge on any atom is -0.350 e. The zero-order chi connectivity index (χ0) is 20.0. The number of carbonyl (C=O) groups is 1. The van der Waals surface area contributed by atoms with E-state index in [-0.39, 0.29) is 23.1 Å². The fourth-order valence-corrected chi connectivity index (χ4v) is 3.05. The normalized spacial score (nSPS) is 14.3. The molecular formula is C20H21F3N4O. The maximum atomic E-state index is 13.0. The molecule has 1 aliphatic carbocycles. The summed E-state index contributed by atoms with van der Waals surface area (Å²) in [5.41, 5.74) is 0.561. The Morgan fingerprint density at radius 2 is 1.93 bits per heavy atom. The van der Waals surface area contributed by atoms with Crippen LogP contribution < -0.4 is 10.6 Å². The van der Waals surface area contributed by atoms with Gasteiger partial charge in [-0.1, -0.05) is 23.8 Å². The molecule has 0 fully saturated rings. The van der Waals surface area contributed by atoms with E-state index in [1.807, 2.05) is 0 Å². The molecular weight excluding hydrogens is 369 g/mol. The number of nitrogens with zero attached hydrogens (tertiary/aromatic N) is 2. The number of anilines is 2. The monoisotopic (exact) mass is 390 g/mol. The van der Waals surface area contributed by atoms with Gasteiger partial charge in [0.2, 0.25) is 0 Å². The van der Waals surface area contributed by atoms with Crippen LogP contribution in [0.3, 0.4) is 0 Å². The van der Waals surface area contributed by atoms with Crippen LogP contribution in [0.5, 0.6) is 0 Å². The third kappa shape index (κ3) is 5.31. The second-order valence-corrected chi connectivity index (χ2v) is 6.57. The van der Waals surface area contributed by atoms with E-state index in [4.69, 9.17) is 0 Å². The number of amides is 1. The van der Waals surface area contributed by atoms with Gasteiger partial charge in [-0.15, -0.1) is 0 Å². The van der Waals surface area contributed by atoms with Gasteiger partial charge in [-0.25, -0.2) is 9.97 Å². The number of halogens is 3. The molecule has 28 heavy (non-hydrogen) atoms. The van der Waals surface area contributed by atoms with Crippen molar-refractivity contribution in [3.8, 4) is 0 Å². The minimum absolute atomic E-state index is 0.118. The summed E-state index contributed by atoms with van der Waals surface area (Å²) in [7, 11) is 0. The van der Waals surface area contributed by atoms with Crippen LogP contribution in [0.4, 0.5) is 24.7 Å². The van der Waals surface area contributed by atoms with Crippen LogP contribution in [-0.4, -0.2) is 22.4 Å². The molecule has 1 aromatic heterocycles. The Hall–Kier alpha value is -2.90. The van der Waals surface area contributed by atoms with E-state index < -0.39 is 11.7 Å². The predicted molar refractivity (Wildman–Crippen MR) is 100 cm³/mol. The molecule has 0 aliphatic heterocycles. The fraction of sp³-hybridized carbons (Fsp3) is 0.350. The Morgan fingerprint density at radius 3 is 2.61 bits per heavy atom. The third-order valence-electron chi connectivity index (χ3n) is 4.50. The van der Waals surface area contributed by atoms with Crippen LogP contribution in [-0.2, 0) is 6.18 Å². The van der Waals surface area contributed by atoms with Gasteiger partial charge in [-0.05, 0) is 44.2 Å². The number of aromatic nitrogens is 2. The van der Waals surface area contributed by atoms with Gasteiger partial charge in [0.05, 0.1) is 23.6 Å². The van der Waals surface area contributed by atoms with Gasteiger partial charge >= 0.3 is 6.18 Å². The van der Waals surface area contributed by atoms with Gasteiger partial charge in [0.25, 0.3) is 5.91 Å². The molecule has 8 heteroatoms. The molecule has 0 saturated heterocycles. The average molecular weight is 390 g/mol. The number of para-hydroxylation sites is 1. The van der Waals surface area contributed by atoms with Crippen molar-refractivity contribution in [1.82, 2.24) is 15.3 Å². The number of carbonyl (C=O) groups excluding carboxylic acids is 1. The minimum atomic E-state index is -4.48. The molecule has 1 aliphatic rings. The maximum Gasteiger partial charge on any atom is 0.418 e. The van der Waals surface area contributed by atoms with Crippen LogP contribution in [0.2, 0.25) is 0 Å². The zero-order valence-corrected chi connectivity index (χ0v) is 15.2. The van der Waals surface area contributed by atoms with Crippen LogP contribution in [0.15, 0.2) is 48.3 Å². The first-order valence-corrected chi connectivity index (χ1v) is 9.15. The van der Waals surface area contributed by atoms with E-state index in [0.29, 0.717) is 6.54 Å². The Bertz CT molecular complexity index is 847. The van der Waals surface area contributed by atoms with Crippen LogP contribution in [0, 0.1) is 0 Å². The Balaban J connectivity index is 1.58. The van der Waals surface area contributed by atoms with Crippen molar-refractivity contribution in [2.75, 3.05) is 11.9 Å². The summed E-state index contributed by atoms with van der Waals surface area (Å²) >= 11 is 0. The molecule has 0 unspecified atom stereocenters. The SMILES string of the molecule is O=C(NCCC1=CCCCC1)c1cnc(Nc2ccccc2C(F)(F)F)cn1. The van der Waals surface area contributed by atoms with Gasteiger partial charge in [0.1, 0.15) is 11.5 Å². The first-order valence-electron chi connectivity index (χ1n) is 9.15. The van der Waals surface area contributed by atoms with Crippen molar-refractivity contribution in [2.45, 2.75) is 38.3 Å². The molecule has 2 aromatic rings. The predicted octanol–water partition coefficient (Wildman–Crippen LogP) is 4.86. The Morgan fingerprint density at radius 1 is 1.11 bits per heavy atom. The number of benzene rings is 1. The van der Waals surface area contributed by atoms with Crippen LogP contribution in [0.1, 0.15) is 48.2 Å². The van der Waals surface area contributed by atoms with Crippen molar-refractivity contribution in [2.24, 2.45) is 0 Å². The summed E-state index contributed by atoms with van der Waals surface area (Å²) in [6.45, 7) is 0.519. The number of hydrogen-bond donors (Lipinski definition) is 2. The molecule has 3 rings (SSSR count). The number of hydrogen-bond acceptors (Lipinski definition) is 4. The summed E-state index contributed by atoms with van der Waals surface area (Å²) in [6, 6.07) is 5.11. The van der Waals surface area contributed by atoms with E-state index in [1.165, 1.54) is 49.0 Å². The number of alkyl halides is 3. The summed E-state index contributed by atoms with van der Waals surface area (Å²) < 4.78 is 39.1. The highest BCUT2D eigenvalue weighted by Crippen LogP contribution is 2.35. The Kier molecular flexibility index (Phi) is 6.28. The number of nitrogens with one attached hydrogen (secondary N) is 2. The molecule has 1 amide bonds.